The standard InChI is InChI=1S/C20H17FN4O5S/c1-13(30-19(27)16-5-2-3-6-17(16)21)18(26)24-14-7-9-15(10-8-14)31(28,29)25-20-22-11-4-12-23-20/h2-13H,1H3,(H,24,26)(H,22,23,25)/t13-/m0/s1. The molecule has 1 atom stereocenters. The number of hydrogen-bond donors (Lipinski definition) is 2. The molecule has 0 bridgehead atoms. The number of benzene rings is 2. The minimum atomic E-state index is -3.92. The zero-order chi connectivity index (χ0) is 22.4. The number of sulfonamides is 1. The highest BCUT2D eigenvalue weighted by Gasteiger charge is 2.21. The van der Waals surface area contributed by atoms with Crippen LogP contribution in [0.5, 0.6) is 0 Å². The molecule has 2 N–H and O–H groups in total. The maximum absolute atomic E-state index is 13.6. The van der Waals surface area contributed by atoms with Crippen LogP contribution in [-0.4, -0.2) is 36.4 Å². The second kappa shape index (κ2) is 9.30. The summed E-state index contributed by atoms with van der Waals surface area (Å²) in [4.78, 5) is 31.8. The van der Waals surface area contributed by atoms with E-state index in [4.69, 9.17) is 4.74 Å². The number of amides is 1. The maximum Gasteiger partial charge on any atom is 0.341 e. The number of halogens is 1. The first-order chi connectivity index (χ1) is 14.8. The quantitative estimate of drug-likeness (QED) is 0.536. The summed E-state index contributed by atoms with van der Waals surface area (Å²) in [6, 6.07) is 12.1. The number of carbonyl (C=O) groups is 2. The van der Waals surface area contributed by atoms with Crippen molar-refractivity contribution in [2.24, 2.45) is 0 Å². The first kappa shape index (κ1) is 21.8. The Hall–Kier alpha value is -3.86. The van der Waals surface area contributed by atoms with Crippen molar-refractivity contribution in [2.75, 3.05) is 10.0 Å². The molecule has 0 aliphatic rings. The number of ether oxygens (including phenoxy) is 1. The van der Waals surface area contributed by atoms with Gasteiger partial charge < -0.3 is 10.1 Å². The van der Waals surface area contributed by atoms with E-state index >= 15 is 0 Å². The van der Waals surface area contributed by atoms with Gasteiger partial charge in [-0.2, -0.15) is 0 Å². The normalized spacial score (nSPS) is 11.9. The number of aromatic nitrogens is 2. The van der Waals surface area contributed by atoms with Gasteiger partial charge >= 0.3 is 5.97 Å². The van der Waals surface area contributed by atoms with Gasteiger partial charge in [0.15, 0.2) is 6.10 Å². The van der Waals surface area contributed by atoms with Crippen LogP contribution in [0.4, 0.5) is 16.0 Å². The molecule has 0 saturated carbocycles. The molecule has 0 unspecified atom stereocenters. The van der Waals surface area contributed by atoms with Crippen molar-refractivity contribution in [2.45, 2.75) is 17.9 Å². The summed E-state index contributed by atoms with van der Waals surface area (Å²) < 4.78 is 45.6. The number of rotatable bonds is 7. The van der Waals surface area contributed by atoms with Crippen molar-refractivity contribution in [1.29, 1.82) is 0 Å². The molecule has 0 saturated heterocycles. The SMILES string of the molecule is C[C@H](OC(=O)c1ccccc1F)C(=O)Nc1ccc(S(=O)(=O)Nc2ncccn2)cc1. The van der Waals surface area contributed by atoms with Crippen LogP contribution in [0.1, 0.15) is 17.3 Å². The molecule has 0 radical (unpaired) electrons. The maximum atomic E-state index is 13.6. The average molecular weight is 444 g/mol. The second-order valence-corrected chi connectivity index (χ2v) is 7.90. The predicted octanol–water partition coefficient (Wildman–Crippen LogP) is 2.60. The first-order valence-electron chi connectivity index (χ1n) is 8.92. The summed E-state index contributed by atoms with van der Waals surface area (Å²) in [6.45, 7) is 1.33. The number of carbonyl (C=O) groups excluding carboxylic acids is 2. The van der Waals surface area contributed by atoms with Gasteiger partial charge in [-0.1, -0.05) is 12.1 Å². The van der Waals surface area contributed by atoms with Gasteiger partial charge in [0.25, 0.3) is 15.9 Å². The third-order valence-electron chi connectivity index (χ3n) is 3.97. The van der Waals surface area contributed by atoms with E-state index in [1.165, 1.54) is 61.8 Å². The molecule has 31 heavy (non-hydrogen) atoms. The van der Waals surface area contributed by atoms with E-state index < -0.39 is 33.8 Å². The van der Waals surface area contributed by atoms with Crippen molar-refractivity contribution in [3.8, 4) is 0 Å². The molecule has 160 valence electrons. The third-order valence-corrected chi connectivity index (χ3v) is 5.31. The number of nitrogens with zero attached hydrogens (tertiary/aromatic N) is 2. The fourth-order valence-corrected chi connectivity index (χ4v) is 3.35. The Morgan fingerprint density at radius 1 is 1.00 bits per heavy atom. The van der Waals surface area contributed by atoms with Gasteiger partial charge in [0.1, 0.15) is 5.82 Å². The lowest BCUT2D eigenvalue weighted by Gasteiger charge is -2.14. The first-order valence-corrected chi connectivity index (χ1v) is 10.4. The fraction of sp³-hybridized carbons (Fsp3) is 0.100. The third kappa shape index (κ3) is 5.60. The van der Waals surface area contributed by atoms with Gasteiger partial charge in [-0.05, 0) is 49.4 Å². The van der Waals surface area contributed by atoms with Gasteiger partial charge in [-0.15, -0.1) is 0 Å². The molecule has 0 spiro atoms. The molecule has 9 nitrogen and oxygen atoms in total. The average Bonchev–Trinajstić information content (AvgIpc) is 2.74. The van der Waals surface area contributed by atoms with E-state index in [1.807, 2.05) is 0 Å². The van der Waals surface area contributed by atoms with Crippen LogP contribution in [0, 0.1) is 5.82 Å². The second-order valence-electron chi connectivity index (χ2n) is 6.22. The molecule has 0 aliphatic carbocycles. The van der Waals surface area contributed by atoms with Crippen LogP contribution < -0.4 is 10.0 Å². The van der Waals surface area contributed by atoms with Crippen molar-refractivity contribution in [3.05, 3.63) is 78.4 Å². The van der Waals surface area contributed by atoms with E-state index in [-0.39, 0.29) is 22.1 Å². The Morgan fingerprint density at radius 3 is 2.29 bits per heavy atom. The van der Waals surface area contributed by atoms with Crippen LogP contribution in [0.3, 0.4) is 0 Å². The van der Waals surface area contributed by atoms with Crippen molar-refractivity contribution < 1.29 is 27.1 Å². The number of nitrogens with one attached hydrogen (secondary N) is 2. The minimum Gasteiger partial charge on any atom is -0.449 e. The van der Waals surface area contributed by atoms with E-state index in [2.05, 4.69) is 20.0 Å². The van der Waals surface area contributed by atoms with Crippen LogP contribution in [0.25, 0.3) is 0 Å². The Bertz CT molecular complexity index is 1190. The van der Waals surface area contributed by atoms with Crippen molar-refractivity contribution in [1.82, 2.24) is 9.97 Å². The van der Waals surface area contributed by atoms with Crippen molar-refractivity contribution in [3.63, 3.8) is 0 Å². The Labute approximate surface area is 177 Å². The molecule has 1 amide bonds. The molecule has 1 aromatic heterocycles. The summed E-state index contributed by atoms with van der Waals surface area (Å²) >= 11 is 0. The van der Waals surface area contributed by atoms with Gasteiger partial charge in [0, 0.05) is 18.1 Å². The van der Waals surface area contributed by atoms with Crippen LogP contribution in [-0.2, 0) is 19.6 Å². The zero-order valence-electron chi connectivity index (χ0n) is 16.2. The lowest BCUT2D eigenvalue weighted by molar-refractivity contribution is -0.123. The predicted molar refractivity (Wildman–Crippen MR) is 109 cm³/mol. The molecule has 1 heterocycles. The minimum absolute atomic E-state index is 0.0722. The van der Waals surface area contributed by atoms with Gasteiger partial charge in [-0.25, -0.2) is 32.3 Å². The molecule has 3 aromatic rings. The highest BCUT2D eigenvalue weighted by Crippen LogP contribution is 2.17. The van der Waals surface area contributed by atoms with E-state index in [1.54, 1.807) is 6.07 Å². The number of anilines is 2. The smallest absolute Gasteiger partial charge is 0.341 e. The zero-order valence-corrected chi connectivity index (χ0v) is 17.0. The van der Waals surface area contributed by atoms with Crippen LogP contribution >= 0.6 is 0 Å². The fourth-order valence-electron chi connectivity index (χ4n) is 2.40. The molecular formula is C20H17FN4O5S. The molecule has 0 aliphatic heterocycles. The summed E-state index contributed by atoms with van der Waals surface area (Å²) in [5, 5.41) is 2.49. The van der Waals surface area contributed by atoms with Gasteiger partial charge in [-0.3, -0.25) is 4.79 Å². The topological polar surface area (TPSA) is 127 Å². The molecule has 3 rings (SSSR count). The molecule has 2 aromatic carbocycles. The van der Waals surface area contributed by atoms with Gasteiger partial charge in [0.2, 0.25) is 5.95 Å². The van der Waals surface area contributed by atoms with Crippen LogP contribution in [0.2, 0.25) is 0 Å². The highest BCUT2D eigenvalue weighted by atomic mass is 32.2. The lowest BCUT2D eigenvalue weighted by atomic mass is 10.2. The molecule has 0 fully saturated rings. The highest BCUT2D eigenvalue weighted by molar-refractivity contribution is 7.92. The monoisotopic (exact) mass is 444 g/mol. The number of hydrogen-bond acceptors (Lipinski definition) is 7. The Morgan fingerprint density at radius 2 is 1.65 bits per heavy atom. The van der Waals surface area contributed by atoms with Crippen LogP contribution in [0.15, 0.2) is 71.9 Å². The Kier molecular flexibility index (Phi) is 6.55. The summed E-state index contributed by atoms with van der Waals surface area (Å²) in [7, 11) is -3.92. The Balaban J connectivity index is 1.62. The van der Waals surface area contributed by atoms with Gasteiger partial charge in [0.05, 0.1) is 10.5 Å². The van der Waals surface area contributed by atoms with Crippen molar-refractivity contribution >= 4 is 33.5 Å². The number of esters is 1. The van der Waals surface area contributed by atoms with E-state index in [0.29, 0.717) is 0 Å². The molecule has 11 heteroatoms. The lowest BCUT2D eigenvalue weighted by Crippen LogP contribution is -2.30. The molecular weight excluding hydrogens is 427 g/mol. The summed E-state index contributed by atoms with van der Waals surface area (Å²) in [6.07, 6.45) is 1.57. The largest absolute Gasteiger partial charge is 0.449 e. The summed E-state index contributed by atoms with van der Waals surface area (Å²) in [5.41, 5.74) is -0.0136. The van der Waals surface area contributed by atoms with E-state index in [9.17, 15) is 22.4 Å². The summed E-state index contributed by atoms with van der Waals surface area (Å²) in [5.74, 6) is -2.48. The van der Waals surface area contributed by atoms with E-state index in [0.717, 1.165) is 6.07 Å².